The first-order valence-corrected chi connectivity index (χ1v) is 6.08. The number of likely N-dealkylation sites (N-methyl/N-ethyl adjacent to an activating group) is 1. The Morgan fingerprint density at radius 2 is 2.24 bits per heavy atom. The summed E-state index contributed by atoms with van der Waals surface area (Å²) in [6.07, 6.45) is 0. The summed E-state index contributed by atoms with van der Waals surface area (Å²) in [6.45, 7) is 3.44. The number of aryl methyl sites for hydroxylation is 1. The van der Waals surface area contributed by atoms with E-state index in [0.29, 0.717) is 25.4 Å². The summed E-state index contributed by atoms with van der Waals surface area (Å²) < 4.78 is 1.92. The highest BCUT2D eigenvalue weighted by Crippen LogP contribution is 2.00. The molecule has 7 heteroatoms. The number of thiol groups is 1. The van der Waals surface area contributed by atoms with Crippen molar-refractivity contribution in [2.24, 2.45) is 7.05 Å². The van der Waals surface area contributed by atoms with Crippen molar-refractivity contribution >= 4 is 18.5 Å². The Kier molecular flexibility index (Phi) is 5.43. The van der Waals surface area contributed by atoms with Gasteiger partial charge >= 0.3 is 0 Å². The molecular formula is C10H19N5OS. The van der Waals surface area contributed by atoms with E-state index >= 15 is 0 Å². The predicted octanol–water partition coefficient (Wildman–Crippen LogP) is -0.399. The fourth-order valence-corrected chi connectivity index (χ4v) is 1.49. The van der Waals surface area contributed by atoms with Gasteiger partial charge in [0.1, 0.15) is 11.6 Å². The molecule has 1 heterocycles. The van der Waals surface area contributed by atoms with Crippen molar-refractivity contribution in [2.75, 3.05) is 25.9 Å². The number of nitrogens with one attached hydrogen (secondary N) is 1. The van der Waals surface area contributed by atoms with Crippen LogP contribution in [0, 0.1) is 6.92 Å². The molecule has 0 aromatic carbocycles. The molecular weight excluding hydrogens is 238 g/mol. The Bertz CT molecular complexity index is 379. The van der Waals surface area contributed by atoms with Crippen LogP contribution in [0.25, 0.3) is 0 Å². The fourth-order valence-electron chi connectivity index (χ4n) is 1.38. The maximum absolute atomic E-state index is 11.5. The zero-order chi connectivity index (χ0) is 12.8. The van der Waals surface area contributed by atoms with Crippen LogP contribution < -0.4 is 5.32 Å². The summed E-state index contributed by atoms with van der Waals surface area (Å²) >= 11 is 4.03. The molecule has 0 aliphatic rings. The van der Waals surface area contributed by atoms with Gasteiger partial charge in [-0.25, -0.2) is 0 Å². The van der Waals surface area contributed by atoms with Gasteiger partial charge in [-0.1, -0.05) is 0 Å². The van der Waals surface area contributed by atoms with E-state index in [9.17, 15) is 4.79 Å². The molecule has 0 unspecified atom stereocenters. The van der Waals surface area contributed by atoms with Crippen LogP contribution in [0.2, 0.25) is 0 Å². The first-order valence-electron chi connectivity index (χ1n) is 5.45. The van der Waals surface area contributed by atoms with Crippen LogP contribution in [-0.4, -0.2) is 51.5 Å². The predicted molar refractivity (Wildman–Crippen MR) is 68.9 cm³/mol. The number of carbonyl (C=O) groups excluding carboxylic acids is 1. The third-order valence-corrected chi connectivity index (χ3v) is 2.67. The van der Waals surface area contributed by atoms with Gasteiger partial charge in [0, 0.05) is 19.3 Å². The maximum Gasteiger partial charge on any atom is 0.234 e. The molecule has 0 aliphatic heterocycles. The van der Waals surface area contributed by atoms with Crippen LogP contribution in [-0.2, 0) is 18.4 Å². The Labute approximate surface area is 107 Å². The lowest BCUT2D eigenvalue weighted by atomic mass is 10.4. The minimum absolute atomic E-state index is 0.000408. The first-order chi connectivity index (χ1) is 8.04. The second kappa shape index (κ2) is 6.61. The van der Waals surface area contributed by atoms with E-state index in [1.807, 2.05) is 30.5 Å². The highest BCUT2D eigenvalue weighted by atomic mass is 32.1. The van der Waals surface area contributed by atoms with Gasteiger partial charge in [-0.3, -0.25) is 9.69 Å². The van der Waals surface area contributed by atoms with Gasteiger partial charge in [0.15, 0.2) is 0 Å². The van der Waals surface area contributed by atoms with Crippen LogP contribution >= 0.6 is 12.6 Å². The average molecular weight is 257 g/mol. The third-order valence-electron chi connectivity index (χ3n) is 2.44. The Morgan fingerprint density at radius 3 is 2.76 bits per heavy atom. The topological polar surface area (TPSA) is 63.1 Å². The SMILES string of the molecule is Cc1nnc(CN(C)CC(=O)NCCS)n1C. The Balaban J connectivity index is 2.41. The molecule has 0 aliphatic carbocycles. The van der Waals surface area contributed by atoms with Gasteiger partial charge in [0.05, 0.1) is 13.1 Å². The molecule has 1 amide bonds. The van der Waals surface area contributed by atoms with E-state index in [2.05, 4.69) is 28.1 Å². The first kappa shape index (κ1) is 14.0. The highest BCUT2D eigenvalue weighted by molar-refractivity contribution is 7.80. The molecule has 96 valence electrons. The molecule has 0 spiro atoms. The minimum atomic E-state index is 0.000408. The average Bonchev–Trinajstić information content (AvgIpc) is 2.58. The van der Waals surface area contributed by atoms with Crippen molar-refractivity contribution in [1.82, 2.24) is 25.0 Å². The van der Waals surface area contributed by atoms with Crippen molar-refractivity contribution < 1.29 is 4.79 Å². The lowest BCUT2D eigenvalue weighted by Crippen LogP contribution is -2.36. The standard InChI is InChI=1S/C10H19N5OS/c1-8-12-13-9(15(8)3)6-14(2)7-10(16)11-4-5-17/h17H,4-7H2,1-3H3,(H,11,16). The molecule has 1 rings (SSSR count). The van der Waals surface area contributed by atoms with E-state index in [1.54, 1.807) is 0 Å². The van der Waals surface area contributed by atoms with E-state index in [4.69, 9.17) is 0 Å². The van der Waals surface area contributed by atoms with E-state index in [-0.39, 0.29) is 5.91 Å². The van der Waals surface area contributed by atoms with Gasteiger partial charge in [-0.2, -0.15) is 12.6 Å². The molecule has 0 atom stereocenters. The van der Waals surface area contributed by atoms with Gasteiger partial charge in [0.2, 0.25) is 5.91 Å². The van der Waals surface area contributed by atoms with Crippen molar-refractivity contribution in [3.8, 4) is 0 Å². The zero-order valence-electron chi connectivity index (χ0n) is 10.5. The number of carbonyl (C=O) groups is 1. The van der Waals surface area contributed by atoms with E-state index < -0.39 is 0 Å². The van der Waals surface area contributed by atoms with E-state index in [0.717, 1.165) is 11.6 Å². The normalized spacial score (nSPS) is 10.9. The lowest BCUT2D eigenvalue weighted by molar-refractivity contribution is -0.121. The van der Waals surface area contributed by atoms with Gasteiger partial charge in [-0.15, -0.1) is 10.2 Å². The number of hydrogen-bond donors (Lipinski definition) is 2. The summed E-state index contributed by atoms with van der Waals surface area (Å²) in [5, 5.41) is 10.8. The van der Waals surface area contributed by atoms with Crippen molar-refractivity contribution in [3.63, 3.8) is 0 Å². The van der Waals surface area contributed by atoms with Crippen LogP contribution in [0.4, 0.5) is 0 Å². The summed E-state index contributed by atoms with van der Waals surface area (Å²) in [4.78, 5) is 13.4. The van der Waals surface area contributed by atoms with Gasteiger partial charge in [-0.05, 0) is 14.0 Å². The van der Waals surface area contributed by atoms with Crippen molar-refractivity contribution in [2.45, 2.75) is 13.5 Å². The molecule has 0 saturated heterocycles. The molecule has 6 nitrogen and oxygen atoms in total. The molecule has 1 aromatic heterocycles. The van der Waals surface area contributed by atoms with Crippen LogP contribution in [0.3, 0.4) is 0 Å². The molecule has 1 N–H and O–H groups in total. The summed E-state index contributed by atoms with van der Waals surface area (Å²) in [5.41, 5.74) is 0. The monoisotopic (exact) mass is 257 g/mol. The number of nitrogens with zero attached hydrogens (tertiary/aromatic N) is 4. The summed E-state index contributed by atoms with van der Waals surface area (Å²) in [6, 6.07) is 0. The molecule has 17 heavy (non-hydrogen) atoms. The molecule has 0 bridgehead atoms. The maximum atomic E-state index is 11.5. The highest BCUT2D eigenvalue weighted by Gasteiger charge is 2.10. The summed E-state index contributed by atoms with van der Waals surface area (Å²) in [7, 11) is 3.80. The van der Waals surface area contributed by atoms with Crippen molar-refractivity contribution in [3.05, 3.63) is 11.6 Å². The van der Waals surface area contributed by atoms with Crippen LogP contribution in [0.1, 0.15) is 11.6 Å². The molecule has 0 radical (unpaired) electrons. The van der Waals surface area contributed by atoms with Gasteiger partial charge in [0.25, 0.3) is 0 Å². The fraction of sp³-hybridized carbons (Fsp3) is 0.700. The van der Waals surface area contributed by atoms with Crippen molar-refractivity contribution in [1.29, 1.82) is 0 Å². The lowest BCUT2D eigenvalue weighted by Gasteiger charge is -2.15. The van der Waals surface area contributed by atoms with Crippen LogP contribution in [0.15, 0.2) is 0 Å². The molecule has 0 saturated carbocycles. The van der Waals surface area contributed by atoms with Crippen LogP contribution in [0.5, 0.6) is 0 Å². The summed E-state index contributed by atoms with van der Waals surface area (Å²) in [5.74, 6) is 2.37. The minimum Gasteiger partial charge on any atom is -0.354 e. The number of hydrogen-bond acceptors (Lipinski definition) is 5. The Hall–Kier alpha value is -1.08. The Morgan fingerprint density at radius 1 is 1.53 bits per heavy atom. The quantitative estimate of drug-likeness (QED) is 0.681. The molecule has 0 fully saturated rings. The smallest absolute Gasteiger partial charge is 0.234 e. The zero-order valence-corrected chi connectivity index (χ0v) is 11.4. The largest absolute Gasteiger partial charge is 0.354 e. The van der Waals surface area contributed by atoms with E-state index in [1.165, 1.54) is 0 Å². The second-order valence-corrected chi connectivity index (χ2v) is 4.42. The number of amides is 1. The van der Waals surface area contributed by atoms with Gasteiger partial charge < -0.3 is 9.88 Å². The second-order valence-electron chi connectivity index (χ2n) is 3.97. The number of aromatic nitrogens is 3. The number of rotatable bonds is 6. The molecule has 1 aromatic rings. The third kappa shape index (κ3) is 4.35.